The van der Waals surface area contributed by atoms with Crippen molar-refractivity contribution in [2.24, 2.45) is 5.73 Å². The molecular formula is C6H10N3O2. The normalized spacial score (nSPS) is 8.36. The molecule has 0 bridgehead atoms. The smallest absolute Gasteiger partial charge is 0.312 e. The lowest BCUT2D eigenvalue weighted by atomic mass is 10.5. The minimum atomic E-state index is -0.723. The molecule has 0 rings (SSSR count). The topological polar surface area (TPSA) is 84.2 Å². The zero-order valence-electron chi connectivity index (χ0n) is 5.96. The van der Waals surface area contributed by atoms with Gasteiger partial charge in [-0.2, -0.15) is 0 Å². The first-order valence-electron chi connectivity index (χ1n) is 2.93. The van der Waals surface area contributed by atoms with Gasteiger partial charge in [0.05, 0.1) is 13.1 Å². The molecule has 0 saturated carbocycles. The van der Waals surface area contributed by atoms with Crippen LogP contribution in [0, 0.1) is 6.54 Å². The molecule has 0 aromatic carbocycles. The third-order valence-corrected chi connectivity index (χ3v) is 0.785. The van der Waals surface area contributed by atoms with E-state index < -0.39 is 6.03 Å². The van der Waals surface area contributed by atoms with E-state index in [2.05, 4.69) is 17.2 Å². The standard InChI is InChI=1S/C6H10N3O2/c1-2-3-8-5(10)4-9-6(7)11/h2-3H,1,4H2,(H,8,10)(H3,7,9,11). The van der Waals surface area contributed by atoms with Crippen molar-refractivity contribution < 1.29 is 9.59 Å². The van der Waals surface area contributed by atoms with E-state index >= 15 is 0 Å². The highest BCUT2D eigenvalue weighted by Gasteiger charge is 1.99. The lowest BCUT2D eigenvalue weighted by Crippen LogP contribution is -2.38. The van der Waals surface area contributed by atoms with Crippen LogP contribution >= 0.6 is 0 Å². The maximum atomic E-state index is 10.6. The molecule has 4 N–H and O–H groups in total. The van der Waals surface area contributed by atoms with Crippen molar-refractivity contribution in [1.29, 1.82) is 0 Å². The monoisotopic (exact) mass is 156 g/mol. The highest BCUT2D eigenvalue weighted by atomic mass is 16.2. The Kier molecular flexibility index (Phi) is 4.55. The molecule has 11 heavy (non-hydrogen) atoms. The van der Waals surface area contributed by atoms with Gasteiger partial charge in [-0.15, -0.1) is 6.58 Å². The number of urea groups is 1. The molecule has 0 saturated heterocycles. The van der Waals surface area contributed by atoms with E-state index in [-0.39, 0.29) is 12.5 Å². The molecule has 61 valence electrons. The van der Waals surface area contributed by atoms with Gasteiger partial charge < -0.3 is 16.4 Å². The Morgan fingerprint density at radius 3 is 2.64 bits per heavy atom. The molecule has 0 aromatic heterocycles. The number of amides is 3. The first-order valence-corrected chi connectivity index (χ1v) is 2.93. The molecule has 0 unspecified atom stereocenters. The molecule has 0 heterocycles. The average Bonchev–Trinajstić information content (AvgIpc) is 1.97. The summed E-state index contributed by atoms with van der Waals surface area (Å²) in [7, 11) is 0. The molecule has 3 amide bonds. The molecule has 0 fully saturated rings. The number of carbonyl (C=O) groups excluding carboxylic acids is 2. The highest BCUT2D eigenvalue weighted by molar-refractivity contribution is 5.83. The van der Waals surface area contributed by atoms with E-state index in [1.54, 1.807) is 0 Å². The Morgan fingerprint density at radius 2 is 2.18 bits per heavy atom. The number of rotatable bonds is 4. The Bertz CT molecular complexity index is 167. The van der Waals surface area contributed by atoms with Crippen molar-refractivity contribution in [3.63, 3.8) is 0 Å². The summed E-state index contributed by atoms with van der Waals surface area (Å²) in [5.74, 6) is -0.344. The molecule has 0 aromatic rings. The minimum Gasteiger partial charge on any atom is -0.352 e. The molecule has 0 aliphatic rings. The maximum absolute atomic E-state index is 10.6. The van der Waals surface area contributed by atoms with Gasteiger partial charge in [-0.25, -0.2) is 4.79 Å². The van der Waals surface area contributed by atoms with Crippen molar-refractivity contribution in [2.45, 2.75) is 0 Å². The van der Waals surface area contributed by atoms with E-state index in [4.69, 9.17) is 5.73 Å². The van der Waals surface area contributed by atoms with Crippen molar-refractivity contribution >= 4 is 11.9 Å². The van der Waals surface area contributed by atoms with Crippen molar-refractivity contribution in [3.8, 4) is 0 Å². The zero-order chi connectivity index (χ0) is 8.69. The van der Waals surface area contributed by atoms with E-state index in [9.17, 15) is 9.59 Å². The maximum Gasteiger partial charge on any atom is 0.312 e. The minimum absolute atomic E-state index is 0.125. The fourth-order valence-electron chi connectivity index (χ4n) is 0.370. The van der Waals surface area contributed by atoms with Crippen LogP contribution in [-0.4, -0.2) is 18.5 Å². The summed E-state index contributed by atoms with van der Waals surface area (Å²) in [6, 6.07) is -0.723. The van der Waals surface area contributed by atoms with E-state index in [1.807, 2.05) is 0 Å². The van der Waals surface area contributed by atoms with E-state index in [1.165, 1.54) is 12.6 Å². The van der Waals surface area contributed by atoms with Crippen molar-refractivity contribution in [2.75, 3.05) is 6.54 Å². The van der Waals surface area contributed by atoms with Crippen LogP contribution in [0.25, 0.3) is 0 Å². The van der Waals surface area contributed by atoms with E-state index in [0.717, 1.165) is 0 Å². The molecule has 5 heteroatoms. The predicted octanol–water partition coefficient (Wildman–Crippen LogP) is -0.881. The second-order valence-corrected chi connectivity index (χ2v) is 1.69. The Balaban J connectivity index is 3.37. The molecule has 0 spiro atoms. The number of hydrogen-bond acceptors (Lipinski definition) is 2. The lowest BCUT2D eigenvalue weighted by molar-refractivity contribution is -0.119. The van der Waals surface area contributed by atoms with Crippen LogP contribution in [0.3, 0.4) is 0 Å². The molecule has 0 atom stereocenters. The van der Waals surface area contributed by atoms with E-state index in [0.29, 0.717) is 0 Å². The summed E-state index contributed by atoms with van der Waals surface area (Å²) >= 11 is 0. The summed E-state index contributed by atoms with van der Waals surface area (Å²) in [6.07, 6.45) is 1.42. The van der Waals surface area contributed by atoms with Gasteiger partial charge in [0.15, 0.2) is 0 Å². The van der Waals surface area contributed by atoms with Gasteiger partial charge in [0.2, 0.25) is 5.91 Å². The van der Waals surface area contributed by atoms with Crippen LogP contribution < -0.4 is 16.4 Å². The van der Waals surface area contributed by atoms with Gasteiger partial charge in [-0.3, -0.25) is 4.79 Å². The van der Waals surface area contributed by atoms with Gasteiger partial charge in [-0.1, -0.05) is 6.08 Å². The first kappa shape index (κ1) is 9.48. The second-order valence-electron chi connectivity index (χ2n) is 1.69. The third-order valence-electron chi connectivity index (χ3n) is 0.785. The molecule has 0 aliphatic carbocycles. The molecular weight excluding hydrogens is 146 g/mol. The molecule has 1 radical (unpaired) electrons. The van der Waals surface area contributed by atoms with Crippen LogP contribution in [0.15, 0.2) is 12.7 Å². The summed E-state index contributed by atoms with van der Waals surface area (Å²) in [6.45, 7) is 4.59. The van der Waals surface area contributed by atoms with Gasteiger partial charge in [0.25, 0.3) is 0 Å². The zero-order valence-corrected chi connectivity index (χ0v) is 5.96. The fourth-order valence-corrected chi connectivity index (χ4v) is 0.370. The van der Waals surface area contributed by atoms with Crippen LogP contribution in [0.2, 0.25) is 0 Å². The summed E-state index contributed by atoms with van der Waals surface area (Å²) in [5.41, 5.74) is 4.71. The number of nitrogens with one attached hydrogen (secondary N) is 2. The summed E-state index contributed by atoms with van der Waals surface area (Å²) in [5, 5.41) is 4.46. The average molecular weight is 156 g/mol. The predicted molar refractivity (Wildman–Crippen MR) is 40.2 cm³/mol. The van der Waals surface area contributed by atoms with Crippen LogP contribution in [0.1, 0.15) is 0 Å². The largest absolute Gasteiger partial charge is 0.352 e. The highest BCUT2D eigenvalue weighted by Crippen LogP contribution is 1.70. The van der Waals surface area contributed by atoms with Gasteiger partial charge in [-0.05, 0) is 0 Å². The number of hydrogen-bond donors (Lipinski definition) is 3. The van der Waals surface area contributed by atoms with Gasteiger partial charge in [0, 0.05) is 0 Å². The second kappa shape index (κ2) is 5.28. The Hall–Kier alpha value is -1.52. The van der Waals surface area contributed by atoms with Crippen molar-refractivity contribution in [1.82, 2.24) is 10.6 Å². The molecule has 5 nitrogen and oxygen atoms in total. The lowest BCUT2D eigenvalue weighted by Gasteiger charge is -2.00. The molecule has 0 aliphatic heterocycles. The first-order chi connectivity index (χ1) is 5.16. The summed E-state index contributed by atoms with van der Waals surface area (Å²) in [4.78, 5) is 20.7. The number of carbonyl (C=O) groups is 2. The Morgan fingerprint density at radius 1 is 1.55 bits per heavy atom. The number of primary amides is 1. The third kappa shape index (κ3) is 6.36. The number of nitrogens with two attached hydrogens (primary N) is 1. The van der Waals surface area contributed by atoms with Crippen LogP contribution in [0.4, 0.5) is 4.79 Å². The van der Waals surface area contributed by atoms with Crippen LogP contribution in [0.5, 0.6) is 0 Å². The van der Waals surface area contributed by atoms with Crippen LogP contribution in [-0.2, 0) is 4.79 Å². The van der Waals surface area contributed by atoms with Crippen molar-refractivity contribution in [3.05, 3.63) is 19.2 Å². The summed E-state index contributed by atoms with van der Waals surface area (Å²) < 4.78 is 0. The Labute approximate surface area is 64.6 Å². The quantitative estimate of drug-likeness (QED) is 0.493. The SMILES string of the molecule is C=C[CH]NC(=O)CNC(N)=O. The fraction of sp³-hybridized carbons (Fsp3) is 0.167. The van der Waals surface area contributed by atoms with Gasteiger partial charge >= 0.3 is 6.03 Å². The van der Waals surface area contributed by atoms with Gasteiger partial charge in [0.1, 0.15) is 0 Å².